The van der Waals surface area contributed by atoms with Crippen LogP contribution in [0.3, 0.4) is 0 Å². The van der Waals surface area contributed by atoms with Crippen molar-refractivity contribution in [1.82, 2.24) is 4.31 Å². The zero-order valence-electron chi connectivity index (χ0n) is 15.6. The van der Waals surface area contributed by atoms with Crippen LogP contribution in [0.2, 0.25) is 5.02 Å². The lowest BCUT2D eigenvalue weighted by Gasteiger charge is -2.36. The Morgan fingerprint density at radius 3 is 2.34 bits per heavy atom. The van der Waals surface area contributed by atoms with Crippen molar-refractivity contribution >= 4 is 27.3 Å². The second-order valence-corrected chi connectivity index (χ2v) is 8.77. The first-order valence-electron chi connectivity index (χ1n) is 8.98. The fourth-order valence-corrected chi connectivity index (χ4v) is 5.04. The van der Waals surface area contributed by atoms with Crippen molar-refractivity contribution in [2.45, 2.75) is 18.0 Å². The van der Waals surface area contributed by atoms with E-state index in [0.717, 1.165) is 22.1 Å². The van der Waals surface area contributed by atoms with E-state index in [0.29, 0.717) is 31.5 Å². The van der Waals surface area contributed by atoms with Crippen molar-refractivity contribution in [3.8, 4) is 5.75 Å². The number of ether oxygens (including phenoxy) is 1. The van der Waals surface area contributed by atoms with E-state index in [2.05, 4.69) is 0 Å². The van der Waals surface area contributed by atoms with Crippen LogP contribution in [0, 0.1) is 0 Å². The lowest BCUT2D eigenvalue weighted by atomic mass is 10.2. The number of halogens is 4. The van der Waals surface area contributed by atoms with E-state index in [9.17, 15) is 21.6 Å². The van der Waals surface area contributed by atoms with E-state index < -0.39 is 26.7 Å². The summed E-state index contributed by atoms with van der Waals surface area (Å²) in [7, 11) is -4.32. The molecule has 0 amide bonds. The van der Waals surface area contributed by atoms with Gasteiger partial charge in [0.1, 0.15) is 5.75 Å². The second kappa shape index (κ2) is 8.41. The van der Waals surface area contributed by atoms with Crippen molar-refractivity contribution in [2.75, 3.05) is 37.7 Å². The molecule has 3 rings (SSSR count). The Morgan fingerprint density at radius 1 is 1.07 bits per heavy atom. The molecule has 0 aromatic heterocycles. The van der Waals surface area contributed by atoms with E-state index in [1.54, 1.807) is 0 Å². The van der Waals surface area contributed by atoms with Crippen molar-refractivity contribution in [1.29, 1.82) is 0 Å². The summed E-state index contributed by atoms with van der Waals surface area (Å²) in [6.07, 6.45) is -4.83. The highest BCUT2D eigenvalue weighted by Crippen LogP contribution is 2.37. The molecule has 29 heavy (non-hydrogen) atoms. The number of sulfonamides is 1. The van der Waals surface area contributed by atoms with E-state index in [1.807, 2.05) is 36.1 Å². The third kappa shape index (κ3) is 4.62. The molecule has 158 valence electrons. The molecule has 2 aromatic rings. The van der Waals surface area contributed by atoms with Gasteiger partial charge in [-0.05, 0) is 37.3 Å². The van der Waals surface area contributed by atoms with Gasteiger partial charge >= 0.3 is 6.18 Å². The average Bonchev–Trinajstić information content (AvgIpc) is 2.68. The highest BCUT2D eigenvalue weighted by molar-refractivity contribution is 7.89. The summed E-state index contributed by atoms with van der Waals surface area (Å²) < 4.78 is 72.6. The molecular formula is C19H20ClF3N2O3S. The SMILES string of the molecule is CCOc1ccccc1N1CCN(S(=O)(=O)c2ccc(Cl)cc2C(F)(F)F)CC1. The van der Waals surface area contributed by atoms with E-state index in [4.69, 9.17) is 16.3 Å². The summed E-state index contributed by atoms with van der Waals surface area (Å²) in [4.78, 5) is 1.18. The van der Waals surface area contributed by atoms with Gasteiger partial charge < -0.3 is 9.64 Å². The largest absolute Gasteiger partial charge is 0.492 e. The number of anilines is 1. The topological polar surface area (TPSA) is 49.9 Å². The molecule has 1 aliphatic rings. The maximum absolute atomic E-state index is 13.4. The number of rotatable bonds is 5. The Kier molecular flexibility index (Phi) is 6.30. The Hall–Kier alpha value is -1.97. The normalized spacial score (nSPS) is 16.1. The van der Waals surface area contributed by atoms with Crippen LogP contribution in [0.1, 0.15) is 12.5 Å². The lowest BCUT2D eigenvalue weighted by molar-refractivity contribution is -0.139. The van der Waals surface area contributed by atoms with Crippen LogP contribution in [0.25, 0.3) is 0 Å². The molecule has 5 nitrogen and oxygen atoms in total. The average molecular weight is 449 g/mol. The fourth-order valence-electron chi connectivity index (χ4n) is 3.25. The minimum atomic E-state index is -4.83. The van der Waals surface area contributed by atoms with Gasteiger partial charge in [0.25, 0.3) is 0 Å². The minimum absolute atomic E-state index is 0.0583. The number of benzene rings is 2. The predicted molar refractivity (Wildman–Crippen MR) is 105 cm³/mol. The van der Waals surface area contributed by atoms with Crippen LogP contribution in [0.5, 0.6) is 5.75 Å². The summed E-state index contributed by atoms with van der Waals surface area (Å²) in [5.74, 6) is 0.684. The van der Waals surface area contributed by atoms with Gasteiger partial charge in [0.15, 0.2) is 0 Å². The maximum Gasteiger partial charge on any atom is 0.417 e. The molecule has 0 radical (unpaired) electrons. The number of hydrogen-bond acceptors (Lipinski definition) is 4. The van der Waals surface area contributed by atoms with E-state index in [-0.39, 0.29) is 18.1 Å². The number of nitrogens with zero attached hydrogens (tertiary/aromatic N) is 2. The maximum atomic E-state index is 13.4. The van der Waals surface area contributed by atoms with Gasteiger partial charge in [0.05, 0.1) is 22.8 Å². The monoisotopic (exact) mass is 448 g/mol. The Labute approximate surface area is 172 Å². The number of alkyl halides is 3. The summed E-state index contributed by atoms with van der Waals surface area (Å²) in [6.45, 7) is 3.13. The quantitative estimate of drug-likeness (QED) is 0.685. The highest BCUT2D eigenvalue weighted by Gasteiger charge is 2.40. The molecule has 0 saturated carbocycles. The van der Waals surface area contributed by atoms with Gasteiger partial charge in [0, 0.05) is 31.2 Å². The third-order valence-corrected chi connectivity index (χ3v) is 6.80. The van der Waals surface area contributed by atoms with Crippen molar-refractivity contribution in [3.63, 3.8) is 0 Å². The van der Waals surface area contributed by atoms with E-state index >= 15 is 0 Å². The standard InChI is InChI=1S/C19H20ClF3N2O3S/c1-2-28-17-6-4-3-5-16(17)24-9-11-25(12-10-24)29(26,27)18-8-7-14(20)13-15(18)19(21,22)23/h3-8,13H,2,9-12H2,1H3. The summed E-state index contributed by atoms with van der Waals surface area (Å²) in [5, 5.41) is -0.173. The van der Waals surface area contributed by atoms with E-state index in [1.165, 1.54) is 0 Å². The van der Waals surface area contributed by atoms with Gasteiger partial charge in [-0.3, -0.25) is 0 Å². The molecule has 0 spiro atoms. The molecule has 1 aliphatic heterocycles. The second-order valence-electron chi connectivity index (χ2n) is 6.43. The first-order valence-corrected chi connectivity index (χ1v) is 10.8. The van der Waals surface area contributed by atoms with Crippen molar-refractivity contribution in [2.24, 2.45) is 0 Å². The molecule has 0 bridgehead atoms. The fraction of sp³-hybridized carbons (Fsp3) is 0.368. The van der Waals surface area contributed by atoms with Crippen LogP contribution in [0.15, 0.2) is 47.4 Å². The zero-order valence-corrected chi connectivity index (χ0v) is 17.2. The summed E-state index contributed by atoms with van der Waals surface area (Å²) in [6, 6.07) is 10.1. The lowest BCUT2D eigenvalue weighted by Crippen LogP contribution is -2.49. The number of hydrogen-bond donors (Lipinski definition) is 0. The Morgan fingerprint density at radius 2 is 1.72 bits per heavy atom. The molecule has 0 aliphatic carbocycles. The molecule has 1 heterocycles. The van der Waals surface area contributed by atoms with Crippen LogP contribution in [0.4, 0.5) is 18.9 Å². The zero-order chi connectivity index (χ0) is 21.2. The molecule has 1 fully saturated rings. The van der Waals surface area contributed by atoms with Gasteiger partial charge in [-0.2, -0.15) is 17.5 Å². The Bertz CT molecular complexity index is 975. The molecule has 2 aromatic carbocycles. The molecular weight excluding hydrogens is 429 g/mol. The van der Waals surface area contributed by atoms with Gasteiger partial charge in [-0.1, -0.05) is 23.7 Å². The van der Waals surface area contributed by atoms with Crippen molar-refractivity contribution in [3.05, 3.63) is 53.1 Å². The predicted octanol–water partition coefficient (Wildman–Crippen LogP) is 4.27. The summed E-state index contributed by atoms with van der Waals surface area (Å²) >= 11 is 5.66. The van der Waals surface area contributed by atoms with Gasteiger partial charge in [-0.25, -0.2) is 8.42 Å². The molecule has 0 atom stereocenters. The molecule has 1 saturated heterocycles. The first kappa shape index (κ1) is 21.7. The molecule has 0 N–H and O–H groups in total. The third-order valence-electron chi connectivity index (χ3n) is 4.61. The highest BCUT2D eigenvalue weighted by atomic mass is 35.5. The van der Waals surface area contributed by atoms with Crippen LogP contribution < -0.4 is 9.64 Å². The molecule has 0 unspecified atom stereocenters. The van der Waals surface area contributed by atoms with Gasteiger partial charge in [0.2, 0.25) is 10.0 Å². The number of piperazine rings is 1. The molecule has 10 heteroatoms. The number of para-hydroxylation sites is 2. The van der Waals surface area contributed by atoms with Gasteiger partial charge in [-0.15, -0.1) is 0 Å². The Balaban J connectivity index is 1.83. The minimum Gasteiger partial charge on any atom is -0.492 e. The summed E-state index contributed by atoms with van der Waals surface area (Å²) in [5.41, 5.74) is -0.428. The first-order chi connectivity index (χ1) is 13.6. The van der Waals surface area contributed by atoms with Crippen LogP contribution >= 0.6 is 11.6 Å². The smallest absolute Gasteiger partial charge is 0.417 e. The van der Waals surface area contributed by atoms with Crippen LogP contribution in [-0.4, -0.2) is 45.5 Å². The van der Waals surface area contributed by atoms with Crippen molar-refractivity contribution < 1.29 is 26.3 Å². The van der Waals surface area contributed by atoms with Crippen LogP contribution in [-0.2, 0) is 16.2 Å².